The number of carbonyl (C=O) groups excluding carboxylic acids is 1. The van der Waals surface area contributed by atoms with Gasteiger partial charge in [-0.05, 0) is 76.1 Å². The predicted molar refractivity (Wildman–Crippen MR) is 156 cm³/mol. The zero-order valence-corrected chi connectivity index (χ0v) is 24.5. The van der Waals surface area contributed by atoms with Gasteiger partial charge in [0.2, 0.25) is 11.2 Å². The lowest BCUT2D eigenvalue weighted by Gasteiger charge is -2.41. The Morgan fingerprint density at radius 1 is 1.00 bits per heavy atom. The maximum absolute atomic E-state index is 13.4. The van der Waals surface area contributed by atoms with Crippen LogP contribution in [-0.4, -0.2) is 85.7 Å². The normalized spacial score (nSPS) is 23.0. The van der Waals surface area contributed by atoms with Crippen LogP contribution in [0.5, 0.6) is 0 Å². The highest BCUT2D eigenvalue weighted by atomic mass is 35.5. The summed E-state index contributed by atoms with van der Waals surface area (Å²) in [7, 11) is 0. The van der Waals surface area contributed by atoms with E-state index < -0.39 is 0 Å². The molecule has 0 unspecified atom stereocenters. The van der Waals surface area contributed by atoms with Crippen molar-refractivity contribution < 1.29 is 4.79 Å². The fourth-order valence-electron chi connectivity index (χ4n) is 6.54. The molecule has 39 heavy (non-hydrogen) atoms. The molecule has 3 fully saturated rings. The van der Waals surface area contributed by atoms with Crippen LogP contribution in [0.3, 0.4) is 0 Å². The van der Waals surface area contributed by atoms with Crippen LogP contribution in [0, 0.1) is 5.92 Å². The van der Waals surface area contributed by atoms with E-state index in [1.807, 2.05) is 10.9 Å². The van der Waals surface area contributed by atoms with Crippen molar-refractivity contribution in [3.8, 4) is 0 Å². The summed E-state index contributed by atoms with van der Waals surface area (Å²) >= 11 is 8.09. The average molecular weight is 571 g/mol. The molecule has 3 aliphatic rings. The Hall–Kier alpha value is -2.30. The fraction of sp³-hybridized carbons (Fsp3) is 0.679. The molecule has 1 amide bonds. The molecule has 0 spiro atoms. The lowest BCUT2D eigenvalue weighted by Crippen LogP contribution is -2.51. The highest BCUT2D eigenvalue weighted by Gasteiger charge is 2.33. The monoisotopic (exact) mass is 570 g/mol. The molecule has 2 saturated heterocycles. The highest BCUT2D eigenvalue weighted by molar-refractivity contribution is 7.09. The maximum atomic E-state index is 13.4. The Morgan fingerprint density at radius 2 is 1.77 bits per heavy atom. The largest absolute Gasteiger partial charge is 0.352 e. The van der Waals surface area contributed by atoms with Crippen molar-refractivity contribution in [2.24, 2.45) is 5.92 Å². The number of piperazine rings is 1. The van der Waals surface area contributed by atoms with E-state index in [9.17, 15) is 4.79 Å². The van der Waals surface area contributed by atoms with Crippen molar-refractivity contribution in [2.45, 2.75) is 77.3 Å². The number of amides is 1. The summed E-state index contributed by atoms with van der Waals surface area (Å²) in [4.78, 5) is 34.2. The van der Waals surface area contributed by atoms with Crippen molar-refractivity contribution in [1.29, 1.82) is 0 Å². The van der Waals surface area contributed by atoms with Crippen molar-refractivity contribution in [2.75, 3.05) is 44.2 Å². The average Bonchev–Trinajstić information content (AvgIpc) is 3.60. The molecule has 3 aromatic heterocycles. The van der Waals surface area contributed by atoms with Gasteiger partial charge >= 0.3 is 0 Å². The number of halogens is 1. The third kappa shape index (κ3) is 5.93. The lowest BCUT2D eigenvalue weighted by molar-refractivity contribution is -0.137. The van der Waals surface area contributed by atoms with E-state index in [4.69, 9.17) is 16.6 Å². The molecule has 210 valence electrons. The van der Waals surface area contributed by atoms with Crippen molar-refractivity contribution in [3.63, 3.8) is 0 Å². The van der Waals surface area contributed by atoms with Crippen LogP contribution < -0.4 is 4.90 Å². The molecule has 1 aliphatic carbocycles. The van der Waals surface area contributed by atoms with Gasteiger partial charge in [0.1, 0.15) is 5.82 Å². The number of nitrogens with zero attached hydrogens (tertiary/aromatic N) is 8. The summed E-state index contributed by atoms with van der Waals surface area (Å²) in [6, 6.07) is 0.686. The van der Waals surface area contributed by atoms with Gasteiger partial charge in [0.15, 0.2) is 5.65 Å². The molecule has 9 nitrogen and oxygen atoms in total. The molecule has 1 saturated carbocycles. The molecule has 0 atom stereocenters. The van der Waals surface area contributed by atoms with Gasteiger partial charge in [0.25, 0.3) is 0 Å². The van der Waals surface area contributed by atoms with Crippen LogP contribution >= 0.6 is 22.9 Å². The molecule has 5 heterocycles. The molecular formula is C28H39ClN8OS. The van der Waals surface area contributed by atoms with Crippen LogP contribution in [0.15, 0.2) is 11.6 Å². The SMILES string of the molecule is CCCc1nc(Cn2ncc3c(N4CCN(C(=O)C5CCC(N6CCCCC6)CC5)CC4)nc(Cl)nc32)cs1. The van der Waals surface area contributed by atoms with Crippen molar-refractivity contribution in [1.82, 2.24) is 34.5 Å². The predicted octanol–water partition coefficient (Wildman–Crippen LogP) is 4.63. The van der Waals surface area contributed by atoms with E-state index >= 15 is 0 Å². The molecule has 11 heteroatoms. The van der Waals surface area contributed by atoms with Gasteiger partial charge in [-0.15, -0.1) is 11.3 Å². The lowest BCUT2D eigenvalue weighted by atomic mass is 9.83. The second-order valence-electron chi connectivity index (χ2n) is 11.3. The van der Waals surface area contributed by atoms with Gasteiger partial charge in [-0.3, -0.25) is 4.79 Å². The minimum Gasteiger partial charge on any atom is -0.352 e. The first kappa shape index (κ1) is 26.9. The summed E-state index contributed by atoms with van der Waals surface area (Å²) in [5.41, 5.74) is 1.71. The Kier molecular flexibility index (Phi) is 8.32. The third-order valence-electron chi connectivity index (χ3n) is 8.67. The standard InChI is InChI=1S/C28H39ClN8OS/c1-2-6-24-31-21(19-39-24)18-37-26-23(17-30-37)25(32-28(29)33-26)35-13-15-36(16-14-35)27(38)20-7-9-22(10-8-20)34-11-4-3-5-12-34/h17,19-20,22H,2-16,18H2,1H3. The molecule has 0 N–H and O–H groups in total. The smallest absolute Gasteiger partial charge is 0.226 e. The molecule has 6 rings (SSSR count). The molecule has 2 aliphatic heterocycles. The summed E-state index contributed by atoms with van der Waals surface area (Å²) in [5, 5.41) is 8.96. The zero-order valence-electron chi connectivity index (χ0n) is 22.9. The Morgan fingerprint density at radius 3 is 2.51 bits per heavy atom. The summed E-state index contributed by atoms with van der Waals surface area (Å²) < 4.78 is 1.86. The topological polar surface area (TPSA) is 83.3 Å². The number of hydrogen-bond donors (Lipinski definition) is 0. The molecule has 0 aromatic carbocycles. The van der Waals surface area contributed by atoms with Crippen LogP contribution in [-0.2, 0) is 17.8 Å². The summed E-state index contributed by atoms with van der Waals surface area (Å²) in [6.07, 6.45) is 12.3. The number of fused-ring (bicyclic) bond motifs is 1. The second-order valence-corrected chi connectivity index (χ2v) is 12.5. The third-order valence-corrected chi connectivity index (χ3v) is 9.79. The second kappa shape index (κ2) is 12.1. The Labute approximate surface area is 239 Å². The summed E-state index contributed by atoms with van der Waals surface area (Å²) in [5.74, 6) is 1.33. The van der Waals surface area contributed by atoms with E-state index in [1.165, 1.54) is 45.2 Å². The molecule has 0 radical (unpaired) electrons. The van der Waals surface area contributed by atoms with Crippen LogP contribution in [0.2, 0.25) is 5.28 Å². The van der Waals surface area contributed by atoms with E-state index in [0.717, 1.165) is 66.3 Å². The fourth-order valence-corrected chi connectivity index (χ4v) is 7.59. The van der Waals surface area contributed by atoms with Gasteiger partial charge in [0, 0.05) is 43.5 Å². The molecular weight excluding hydrogens is 532 g/mol. The van der Waals surface area contributed by atoms with Gasteiger partial charge in [-0.1, -0.05) is 13.3 Å². The van der Waals surface area contributed by atoms with Crippen LogP contribution in [0.25, 0.3) is 11.0 Å². The van der Waals surface area contributed by atoms with E-state index in [-0.39, 0.29) is 11.2 Å². The van der Waals surface area contributed by atoms with E-state index in [0.29, 0.717) is 31.6 Å². The zero-order chi connectivity index (χ0) is 26.8. The molecule has 3 aromatic rings. The summed E-state index contributed by atoms with van der Waals surface area (Å²) in [6.45, 7) is 8.09. The number of thiazole rings is 1. The first-order valence-corrected chi connectivity index (χ1v) is 15.9. The number of rotatable bonds is 7. The number of hydrogen-bond acceptors (Lipinski definition) is 8. The molecule has 0 bridgehead atoms. The first-order valence-electron chi connectivity index (χ1n) is 14.7. The van der Waals surface area contributed by atoms with E-state index in [2.05, 4.69) is 42.1 Å². The Bertz CT molecular complexity index is 1270. The Balaban J connectivity index is 1.07. The van der Waals surface area contributed by atoms with Crippen molar-refractivity contribution >= 4 is 45.7 Å². The van der Waals surface area contributed by atoms with Crippen LogP contribution in [0.1, 0.15) is 69.0 Å². The highest BCUT2D eigenvalue weighted by Crippen LogP contribution is 2.32. The number of anilines is 1. The minimum atomic E-state index is 0.180. The first-order chi connectivity index (χ1) is 19.1. The van der Waals surface area contributed by atoms with Gasteiger partial charge in [-0.2, -0.15) is 15.1 Å². The number of aryl methyl sites for hydroxylation is 1. The van der Waals surface area contributed by atoms with Crippen LogP contribution in [0.4, 0.5) is 5.82 Å². The van der Waals surface area contributed by atoms with E-state index in [1.54, 1.807) is 11.3 Å². The number of aromatic nitrogens is 5. The quantitative estimate of drug-likeness (QED) is 0.383. The maximum Gasteiger partial charge on any atom is 0.226 e. The van der Waals surface area contributed by atoms with Crippen molar-refractivity contribution in [3.05, 3.63) is 27.6 Å². The van der Waals surface area contributed by atoms with Gasteiger partial charge in [0.05, 0.1) is 28.8 Å². The number of carbonyl (C=O) groups is 1. The van der Waals surface area contributed by atoms with Gasteiger partial charge in [-0.25, -0.2) is 9.67 Å². The number of likely N-dealkylation sites (tertiary alicyclic amines) is 1. The minimum absolute atomic E-state index is 0.180. The number of piperidine rings is 1. The van der Waals surface area contributed by atoms with Gasteiger partial charge < -0.3 is 14.7 Å².